The SMILES string of the molecule is CC1(c2cc(NC(=O)c3ccc(F)cn3)ccc2F)Cn2c(nc(Cl)c2C#N)C(N)=N1. The number of nitriles is 1. The predicted molar refractivity (Wildman–Crippen MR) is 109 cm³/mol. The largest absolute Gasteiger partial charge is 0.381 e. The molecule has 0 saturated heterocycles. The van der Waals surface area contributed by atoms with Crippen LogP contribution < -0.4 is 11.1 Å². The van der Waals surface area contributed by atoms with Gasteiger partial charge in [0.1, 0.15) is 28.9 Å². The van der Waals surface area contributed by atoms with Crippen LogP contribution in [0.4, 0.5) is 14.5 Å². The highest BCUT2D eigenvalue weighted by Crippen LogP contribution is 2.36. The van der Waals surface area contributed by atoms with E-state index in [0.29, 0.717) is 0 Å². The van der Waals surface area contributed by atoms with Crippen LogP contribution in [0.1, 0.15) is 34.5 Å². The number of nitrogens with two attached hydrogens (primary N) is 1. The Labute approximate surface area is 180 Å². The molecule has 0 radical (unpaired) electrons. The highest BCUT2D eigenvalue weighted by Gasteiger charge is 2.37. The van der Waals surface area contributed by atoms with Crippen LogP contribution in [0.3, 0.4) is 0 Å². The molecule has 1 aliphatic heterocycles. The number of nitrogens with zero attached hydrogens (tertiary/aromatic N) is 5. The lowest BCUT2D eigenvalue weighted by Gasteiger charge is -2.32. The van der Waals surface area contributed by atoms with Gasteiger partial charge in [0.25, 0.3) is 5.91 Å². The van der Waals surface area contributed by atoms with Gasteiger partial charge in [-0.05, 0) is 37.3 Å². The van der Waals surface area contributed by atoms with E-state index < -0.39 is 23.1 Å². The van der Waals surface area contributed by atoms with Gasteiger partial charge in [-0.1, -0.05) is 11.6 Å². The summed E-state index contributed by atoms with van der Waals surface area (Å²) in [7, 11) is 0. The molecule has 3 heterocycles. The number of imidazole rings is 1. The van der Waals surface area contributed by atoms with Crippen LogP contribution in [0.15, 0.2) is 41.5 Å². The lowest BCUT2D eigenvalue weighted by atomic mass is 9.90. The van der Waals surface area contributed by atoms with E-state index in [1.165, 1.54) is 28.8 Å². The van der Waals surface area contributed by atoms with Gasteiger partial charge in [-0.2, -0.15) is 5.26 Å². The summed E-state index contributed by atoms with van der Waals surface area (Å²) in [5.74, 6) is -1.51. The fourth-order valence-electron chi connectivity index (χ4n) is 3.41. The molecule has 3 aromatic rings. The number of halogens is 3. The smallest absolute Gasteiger partial charge is 0.274 e. The fourth-order valence-corrected chi connectivity index (χ4v) is 3.63. The van der Waals surface area contributed by atoms with Gasteiger partial charge >= 0.3 is 0 Å². The van der Waals surface area contributed by atoms with Crippen LogP contribution in [-0.2, 0) is 12.1 Å². The topological polar surface area (TPSA) is 122 Å². The number of nitrogens with one attached hydrogen (secondary N) is 1. The quantitative estimate of drug-likeness (QED) is 0.647. The molecule has 31 heavy (non-hydrogen) atoms. The van der Waals surface area contributed by atoms with Crippen molar-refractivity contribution in [3.63, 3.8) is 0 Å². The molecule has 156 valence electrons. The second-order valence-electron chi connectivity index (χ2n) is 7.05. The molecule has 3 N–H and O–H groups in total. The van der Waals surface area contributed by atoms with Gasteiger partial charge in [-0.3, -0.25) is 9.79 Å². The van der Waals surface area contributed by atoms with Gasteiger partial charge in [0.15, 0.2) is 22.5 Å². The number of aromatic nitrogens is 3. The zero-order valence-corrected chi connectivity index (χ0v) is 16.8. The van der Waals surface area contributed by atoms with Gasteiger partial charge in [0.05, 0.1) is 12.7 Å². The van der Waals surface area contributed by atoms with E-state index in [9.17, 15) is 18.8 Å². The van der Waals surface area contributed by atoms with Crippen LogP contribution >= 0.6 is 11.6 Å². The molecular formula is C20H14ClF2N7O. The molecule has 0 spiro atoms. The van der Waals surface area contributed by atoms with Gasteiger partial charge < -0.3 is 15.6 Å². The lowest BCUT2D eigenvalue weighted by Crippen LogP contribution is -2.38. The Morgan fingerprint density at radius 3 is 2.81 bits per heavy atom. The Balaban J connectivity index is 1.70. The zero-order chi connectivity index (χ0) is 22.3. The number of carbonyl (C=O) groups excluding carboxylic acids is 1. The summed E-state index contributed by atoms with van der Waals surface area (Å²) in [5.41, 5.74) is 5.32. The monoisotopic (exact) mass is 441 g/mol. The van der Waals surface area contributed by atoms with Gasteiger partial charge in [-0.25, -0.2) is 18.7 Å². The van der Waals surface area contributed by atoms with E-state index in [1.807, 2.05) is 6.07 Å². The van der Waals surface area contributed by atoms with Crippen molar-refractivity contribution in [1.82, 2.24) is 14.5 Å². The summed E-state index contributed by atoms with van der Waals surface area (Å²) in [6.45, 7) is 1.70. The van der Waals surface area contributed by atoms with E-state index in [-0.39, 0.29) is 46.0 Å². The number of aliphatic imine (C=N–C) groups is 1. The molecular weight excluding hydrogens is 428 g/mol. The van der Waals surface area contributed by atoms with Crippen molar-refractivity contribution in [1.29, 1.82) is 5.26 Å². The summed E-state index contributed by atoms with van der Waals surface area (Å²) >= 11 is 6.01. The first kappa shape index (κ1) is 20.4. The third kappa shape index (κ3) is 3.60. The third-order valence-corrected chi connectivity index (χ3v) is 5.12. The Hall–Kier alpha value is -3.84. The first-order chi connectivity index (χ1) is 14.7. The number of amidine groups is 1. The maximum atomic E-state index is 14.8. The molecule has 1 aliphatic rings. The maximum Gasteiger partial charge on any atom is 0.274 e. The van der Waals surface area contributed by atoms with Crippen molar-refractivity contribution in [2.45, 2.75) is 19.0 Å². The number of carbonyl (C=O) groups is 1. The predicted octanol–water partition coefficient (Wildman–Crippen LogP) is 2.97. The molecule has 2 aromatic heterocycles. The van der Waals surface area contributed by atoms with Gasteiger partial charge in [0.2, 0.25) is 0 Å². The van der Waals surface area contributed by atoms with Crippen LogP contribution in [0.25, 0.3) is 0 Å². The maximum absolute atomic E-state index is 14.8. The van der Waals surface area contributed by atoms with Crippen LogP contribution in [-0.4, -0.2) is 26.3 Å². The number of rotatable bonds is 3. The van der Waals surface area contributed by atoms with Crippen molar-refractivity contribution >= 4 is 29.0 Å². The fraction of sp³-hybridized carbons (Fsp3) is 0.150. The number of fused-ring (bicyclic) bond motifs is 1. The Kier molecular flexibility index (Phi) is 4.91. The number of amides is 1. The first-order valence-electron chi connectivity index (χ1n) is 8.96. The summed E-state index contributed by atoms with van der Waals surface area (Å²) in [6, 6.07) is 8.28. The average molecular weight is 442 g/mol. The number of pyridine rings is 1. The zero-order valence-electron chi connectivity index (χ0n) is 16.0. The average Bonchev–Trinajstić information content (AvgIpc) is 3.05. The summed E-state index contributed by atoms with van der Waals surface area (Å²) in [6.07, 6.45) is 0.923. The Bertz CT molecular complexity index is 1280. The van der Waals surface area contributed by atoms with Crippen molar-refractivity contribution in [2.24, 2.45) is 10.7 Å². The molecule has 0 aliphatic carbocycles. The molecule has 0 bridgehead atoms. The minimum atomic E-state index is -1.20. The van der Waals surface area contributed by atoms with Gasteiger partial charge in [0, 0.05) is 11.3 Å². The molecule has 11 heteroatoms. The highest BCUT2D eigenvalue weighted by molar-refractivity contribution is 6.30. The van der Waals surface area contributed by atoms with Crippen molar-refractivity contribution < 1.29 is 13.6 Å². The van der Waals surface area contributed by atoms with Crippen molar-refractivity contribution in [3.05, 3.63) is 76.1 Å². The van der Waals surface area contributed by atoms with Crippen LogP contribution in [0.2, 0.25) is 5.15 Å². The van der Waals surface area contributed by atoms with Crippen molar-refractivity contribution in [3.8, 4) is 6.07 Å². The molecule has 0 fully saturated rings. The standard InChI is InChI=1S/C20H14ClF2N7O/c1-20(9-30-15(7-24)16(21)28-18(30)17(25)29-20)12-6-11(3-4-13(12)23)27-19(31)14-5-2-10(22)8-26-14/h2-6,8H,9H2,1H3,(H2,25,29)(H,27,31). The van der Waals surface area contributed by atoms with Crippen LogP contribution in [0, 0.1) is 23.0 Å². The van der Waals surface area contributed by atoms with E-state index in [2.05, 4.69) is 20.3 Å². The Morgan fingerprint density at radius 1 is 1.35 bits per heavy atom. The molecule has 4 rings (SSSR count). The highest BCUT2D eigenvalue weighted by atomic mass is 35.5. The van der Waals surface area contributed by atoms with Gasteiger partial charge in [-0.15, -0.1) is 0 Å². The molecule has 0 saturated carbocycles. The molecule has 1 aromatic carbocycles. The summed E-state index contributed by atoms with van der Waals surface area (Å²) in [5, 5.41) is 12.0. The van der Waals surface area contributed by atoms with Crippen LogP contribution in [0.5, 0.6) is 0 Å². The minimum absolute atomic E-state index is 0.00139. The summed E-state index contributed by atoms with van der Waals surface area (Å²) in [4.78, 5) is 24.5. The Morgan fingerprint density at radius 2 is 2.13 bits per heavy atom. The van der Waals surface area contributed by atoms with Crippen molar-refractivity contribution in [2.75, 3.05) is 5.32 Å². The molecule has 8 nitrogen and oxygen atoms in total. The first-order valence-corrected chi connectivity index (χ1v) is 9.34. The second-order valence-corrected chi connectivity index (χ2v) is 7.41. The number of hydrogen-bond donors (Lipinski definition) is 2. The van der Waals surface area contributed by atoms with E-state index in [1.54, 1.807) is 6.92 Å². The molecule has 1 atom stereocenters. The number of benzene rings is 1. The van der Waals surface area contributed by atoms with E-state index in [0.717, 1.165) is 12.3 Å². The number of anilines is 1. The third-order valence-electron chi connectivity index (χ3n) is 4.86. The normalized spacial score (nSPS) is 17.5. The second kappa shape index (κ2) is 7.45. The van der Waals surface area contributed by atoms with E-state index >= 15 is 0 Å². The molecule has 1 unspecified atom stereocenters. The minimum Gasteiger partial charge on any atom is -0.381 e. The molecule has 1 amide bonds. The lowest BCUT2D eigenvalue weighted by molar-refractivity contribution is 0.102. The number of hydrogen-bond acceptors (Lipinski definition) is 6. The summed E-state index contributed by atoms with van der Waals surface area (Å²) < 4.78 is 29.3. The van der Waals surface area contributed by atoms with E-state index in [4.69, 9.17) is 17.3 Å².